The third kappa shape index (κ3) is 13.3. The van der Waals surface area contributed by atoms with Gasteiger partial charge in [0.1, 0.15) is 30.1 Å². The van der Waals surface area contributed by atoms with Crippen LogP contribution in [0.15, 0.2) is 60.7 Å². The van der Waals surface area contributed by atoms with Crippen molar-refractivity contribution in [2.75, 3.05) is 24.7 Å². The predicted molar refractivity (Wildman–Crippen MR) is 201 cm³/mol. The van der Waals surface area contributed by atoms with Gasteiger partial charge in [-0.2, -0.15) is 0 Å². The molecule has 2 heterocycles. The molecule has 18 heteroatoms. The van der Waals surface area contributed by atoms with E-state index in [4.69, 9.17) is 21.1 Å². The molecule has 4 amide bonds. The molecule has 54 heavy (non-hydrogen) atoms. The lowest BCUT2D eigenvalue weighted by atomic mass is 10.1. The number of aliphatic carboxylic acids is 2. The number of amides is 4. The molecule has 2 aliphatic rings. The largest absolute Gasteiger partial charge is 0.480 e. The summed E-state index contributed by atoms with van der Waals surface area (Å²) in [4.78, 5) is 74.5. The number of hydrogen-bond acceptors (Lipinski definition) is 12. The second kappa shape index (κ2) is 20.5. The Kier molecular flexibility index (Phi) is 16.8. The van der Waals surface area contributed by atoms with Gasteiger partial charge in [-0.15, -0.1) is 23.5 Å². The summed E-state index contributed by atoms with van der Waals surface area (Å²) in [6.45, 7) is 3.21. The highest BCUT2D eigenvalue weighted by Gasteiger charge is 2.48. The molecule has 2 aromatic carbocycles. The van der Waals surface area contributed by atoms with Gasteiger partial charge in [-0.25, -0.2) is 0 Å². The molecule has 9 N–H and O–H groups in total. The van der Waals surface area contributed by atoms with Gasteiger partial charge in [-0.05, 0) is 31.4 Å². The van der Waals surface area contributed by atoms with Gasteiger partial charge in [0.15, 0.2) is 0 Å². The monoisotopic (exact) mass is 791 g/mol. The topological polar surface area (TPSA) is 260 Å². The molecule has 4 rings (SSSR count). The quantitative estimate of drug-likeness (QED) is 0.101. The summed E-state index contributed by atoms with van der Waals surface area (Å²) in [5.41, 5.74) is 4.71. The molecule has 0 aromatic heterocycles. The fourth-order valence-electron chi connectivity index (χ4n) is 5.76. The number of carboxylic acid groups (broad SMARTS) is 2. The molecule has 296 valence electrons. The van der Waals surface area contributed by atoms with Crippen LogP contribution in [0.4, 0.5) is 0 Å². The minimum absolute atomic E-state index is 0.0488. The van der Waals surface area contributed by atoms with Crippen LogP contribution < -0.4 is 16.4 Å². The van der Waals surface area contributed by atoms with Crippen molar-refractivity contribution < 1.29 is 54.3 Å². The van der Waals surface area contributed by atoms with Crippen molar-refractivity contribution in [2.24, 2.45) is 5.73 Å². The second-order valence-corrected chi connectivity index (χ2v) is 15.8. The van der Waals surface area contributed by atoms with E-state index in [1.54, 1.807) is 6.92 Å². The van der Waals surface area contributed by atoms with Crippen LogP contribution >= 0.6 is 23.5 Å². The number of carbonyl (C=O) groups excluding carboxylic acids is 4. The molecule has 16 nitrogen and oxygen atoms in total. The number of thioether (sulfide) groups is 2. The molecule has 0 bridgehead atoms. The number of aliphatic hydroxyl groups is 3. The highest BCUT2D eigenvalue weighted by molar-refractivity contribution is 8.00. The molecule has 0 radical (unpaired) electrons. The van der Waals surface area contributed by atoms with Crippen LogP contribution in [0.5, 0.6) is 0 Å². The number of nitrogens with two attached hydrogens (primary N) is 1. The zero-order chi connectivity index (χ0) is 40.1. The molecule has 2 aliphatic heterocycles. The van der Waals surface area contributed by atoms with Gasteiger partial charge in [0.05, 0.1) is 17.1 Å². The number of likely N-dealkylation sites (tertiary alicyclic amines) is 2. The van der Waals surface area contributed by atoms with Gasteiger partial charge < -0.3 is 51.7 Å². The Balaban J connectivity index is 0.000000345. The van der Waals surface area contributed by atoms with Gasteiger partial charge in [0.2, 0.25) is 23.6 Å². The van der Waals surface area contributed by atoms with Crippen LogP contribution in [0, 0.1) is 0 Å². The summed E-state index contributed by atoms with van der Waals surface area (Å²) < 4.78 is 0. The summed E-state index contributed by atoms with van der Waals surface area (Å²) in [6.07, 6.45) is 0.0799. The van der Waals surface area contributed by atoms with Gasteiger partial charge >= 0.3 is 11.9 Å². The number of nitrogens with zero attached hydrogens (tertiary/aromatic N) is 2. The van der Waals surface area contributed by atoms with Gasteiger partial charge in [0, 0.05) is 43.9 Å². The third-order valence-corrected chi connectivity index (χ3v) is 11.2. The zero-order valence-corrected chi connectivity index (χ0v) is 31.8. The summed E-state index contributed by atoms with van der Waals surface area (Å²) in [6, 6.07) is 16.4. The van der Waals surface area contributed by atoms with E-state index in [-0.39, 0.29) is 55.2 Å². The SMILES string of the molecule is CC1(O)CC(SCCO)C(=O)N1Cc1ccccc1.CC1(O)CC(SC[C@H](NC(=O)CC[C@H](N)C(=O)O)C(=O)NCC(=O)O)C(=O)N1Cc1ccccc1. The highest BCUT2D eigenvalue weighted by Crippen LogP contribution is 2.37. The Morgan fingerprint density at radius 2 is 1.33 bits per heavy atom. The van der Waals surface area contributed by atoms with E-state index < -0.39 is 59.1 Å². The van der Waals surface area contributed by atoms with Crippen molar-refractivity contribution in [3.63, 3.8) is 0 Å². The fraction of sp³-hybridized carbons (Fsp3) is 0.500. The van der Waals surface area contributed by atoms with Crippen LogP contribution in [-0.4, -0.2) is 130 Å². The summed E-state index contributed by atoms with van der Waals surface area (Å²) in [7, 11) is 0. The standard InChI is InChI=1S/C22H30N4O8S.C14H19NO3S/c1-22(34)9-16(20(31)26(22)11-13-5-3-2-4-6-13)35-12-15(19(30)24-10-18(28)29)25-17(27)8-7-14(23)21(32)33;1-14(18)9-12(19-8-7-16)13(17)15(14)10-11-5-3-2-4-6-11/h2-6,14-16,34H,7-12,23H2,1H3,(H,24,30)(H,25,27)(H,28,29)(H,32,33);2-6,12,16,18H,7-10H2,1H3/t14-,15-,16?,22?;/m0./s1. The predicted octanol–water partition coefficient (Wildman–Crippen LogP) is 0.328. The molecule has 4 unspecified atom stereocenters. The number of aliphatic hydroxyl groups excluding tert-OH is 1. The molecule has 0 spiro atoms. The first-order valence-electron chi connectivity index (χ1n) is 17.2. The van der Waals surface area contributed by atoms with Crippen LogP contribution in [-0.2, 0) is 41.9 Å². The number of carbonyl (C=O) groups is 6. The molecule has 2 fully saturated rings. The molecular formula is C36H49N5O11S2. The molecule has 2 saturated heterocycles. The Bertz CT molecular complexity index is 1600. The Labute approximate surface area is 321 Å². The fourth-order valence-corrected chi connectivity index (χ4v) is 8.22. The number of benzene rings is 2. The van der Waals surface area contributed by atoms with Crippen LogP contribution in [0.3, 0.4) is 0 Å². The molecule has 0 aliphatic carbocycles. The first kappa shape index (κ1) is 44.2. The molecular weight excluding hydrogens is 743 g/mol. The number of nitrogens with one attached hydrogen (secondary N) is 2. The Morgan fingerprint density at radius 3 is 1.78 bits per heavy atom. The van der Waals surface area contributed by atoms with Crippen LogP contribution in [0.2, 0.25) is 0 Å². The van der Waals surface area contributed by atoms with Gasteiger partial charge in [-0.1, -0.05) is 60.7 Å². The lowest BCUT2D eigenvalue weighted by Gasteiger charge is -2.29. The van der Waals surface area contributed by atoms with Crippen molar-refractivity contribution in [1.29, 1.82) is 0 Å². The van der Waals surface area contributed by atoms with Crippen molar-refractivity contribution in [3.8, 4) is 0 Å². The highest BCUT2D eigenvalue weighted by atomic mass is 32.2. The minimum Gasteiger partial charge on any atom is -0.480 e. The maximum atomic E-state index is 13.0. The third-order valence-electron chi connectivity index (χ3n) is 8.70. The first-order valence-corrected chi connectivity index (χ1v) is 19.3. The lowest BCUT2D eigenvalue weighted by molar-refractivity contribution is -0.144. The molecule has 0 saturated carbocycles. The average molecular weight is 792 g/mol. The summed E-state index contributed by atoms with van der Waals surface area (Å²) in [5.74, 6) is -3.89. The molecule has 2 aromatic rings. The van der Waals surface area contributed by atoms with Crippen LogP contribution in [0.25, 0.3) is 0 Å². The van der Waals surface area contributed by atoms with Gasteiger partial charge in [0.25, 0.3) is 0 Å². The number of rotatable bonds is 18. The second-order valence-electron chi connectivity index (χ2n) is 13.3. The van der Waals surface area contributed by atoms with Crippen LogP contribution in [0.1, 0.15) is 50.7 Å². The van der Waals surface area contributed by atoms with Crippen molar-refractivity contribution >= 4 is 59.1 Å². The normalized spacial score (nSPS) is 23.3. The number of carboxylic acids is 2. The molecule has 6 atom stereocenters. The van der Waals surface area contributed by atoms with E-state index in [2.05, 4.69) is 10.6 Å². The number of hydrogen-bond donors (Lipinski definition) is 8. The summed E-state index contributed by atoms with van der Waals surface area (Å²) >= 11 is 2.47. The Hall–Kier alpha value is -4.20. The smallest absolute Gasteiger partial charge is 0.322 e. The lowest BCUT2D eigenvalue weighted by Crippen LogP contribution is -2.50. The van der Waals surface area contributed by atoms with E-state index in [1.165, 1.54) is 28.5 Å². The zero-order valence-electron chi connectivity index (χ0n) is 30.1. The van der Waals surface area contributed by atoms with E-state index in [0.29, 0.717) is 18.7 Å². The maximum absolute atomic E-state index is 13.0. The van der Waals surface area contributed by atoms with E-state index in [9.17, 15) is 39.0 Å². The van der Waals surface area contributed by atoms with Crippen molar-refractivity contribution in [2.45, 2.75) is 86.7 Å². The maximum Gasteiger partial charge on any atom is 0.322 e. The van der Waals surface area contributed by atoms with E-state index in [1.807, 2.05) is 60.7 Å². The average Bonchev–Trinajstić information content (AvgIpc) is 3.48. The van der Waals surface area contributed by atoms with E-state index >= 15 is 0 Å². The Morgan fingerprint density at radius 1 is 0.852 bits per heavy atom. The minimum atomic E-state index is -1.41. The first-order chi connectivity index (χ1) is 25.4. The van der Waals surface area contributed by atoms with E-state index in [0.717, 1.165) is 22.9 Å². The van der Waals surface area contributed by atoms with Crippen molar-refractivity contribution in [1.82, 2.24) is 20.4 Å². The summed E-state index contributed by atoms with van der Waals surface area (Å²) in [5, 5.41) is 51.4. The van der Waals surface area contributed by atoms with Gasteiger partial charge in [-0.3, -0.25) is 28.8 Å². The van der Waals surface area contributed by atoms with Crippen molar-refractivity contribution in [3.05, 3.63) is 71.8 Å².